The number of carboxylic acids is 1. The van der Waals surface area contributed by atoms with Crippen LogP contribution in [0.1, 0.15) is 73.6 Å². The van der Waals surface area contributed by atoms with Crippen LogP contribution in [0.3, 0.4) is 0 Å². The van der Waals surface area contributed by atoms with Crippen LogP contribution in [0.25, 0.3) is 0 Å². The molecule has 11 heteroatoms. The minimum atomic E-state index is -1.37. The molecular weight excluding hydrogens is 534 g/mol. The molecule has 2 aliphatic rings. The van der Waals surface area contributed by atoms with E-state index in [1.165, 1.54) is 26.0 Å². The van der Waals surface area contributed by atoms with Crippen molar-refractivity contribution in [3.63, 3.8) is 0 Å². The van der Waals surface area contributed by atoms with Crippen LogP contribution in [-0.2, 0) is 38.1 Å². The lowest BCUT2D eigenvalue weighted by Crippen LogP contribution is -2.50. The molecule has 2 heterocycles. The fourth-order valence-corrected chi connectivity index (χ4v) is 5.10. The number of amides is 1. The minimum absolute atomic E-state index is 0.0410. The molecule has 3 N–H and O–H groups in total. The van der Waals surface area contributed by atoms with Crippen LogP contribution in [0.5, 0.6) is 0 Å². The van der Waals surface area contributed by atoms with Crippen molar-refractivity contribution in [3.8, 4) is 0 Å². The van der Waals surface area contributed by atoms with Crippen LogP contribution in [-0.4, -0.2) is 82.8 Å². The Hall–Kier alpha value is -3.02. The fourth-order valence-electron chi connectivity index (χ4n) is 5.10. The predicted molar refractivity (Wildman–Crippen MR) is 150 cm³/mol. The van der Waals surface area contributed by atoms with Gasteiger partial charge < -0.3 is 34.5 Å². The molecule has 230 valence electrons. The molecule has 0 saturated carbocycles. The maximum Gasteiger partial charge on any atom is 0.305 e. The van der Waals surface area contributed by atoms with Crippen LogP contribution >= 0.6 is 0 Å². The molecule has 0 unspecified atom stereocenters. The Labute approximate surface area is 241 Å². The zero-order chi connectivity index (χ0) is 30.7. The van der Waals surface area contributed by atoms with Crippen molar-refractivity contribution in [2.45, 2.75) is 116 Å². The van der Waals surface area contributed by atoms with Crippen molar-refractivity contribution in [1.29, 1.82) is 0 Å². The summed E-state index contributed by atoms with van der Waals surface area (Å²) < 4.78 is 22.1. The van der Waals surface area contributed by atoms with Crippen molar-refractivity contribution < 1.29 is 48.3 Å². The molecule has 0 aliphatic carbocycles. The van der Waals surface area contributed by atoms with Gasteiger partial charge in [-0.05, 0) is 45.6 Å². The molecule has 0 aromatic rings. The number of hydrogen-bond acceptors (Lipinski definition) is 9. The molecule has 2 fully saturated rings. The Morgan fingerprint density at radius 1 is 1.07 bits per heavy atom. The second-order valence-electron chi connectivity index (χ2n) is 11.2. The van der Waals surface area contributed by atoms with E-state index in [4.69, 9.17) is 18.9 Å². The lowest BCUT2D eigenvalue weighted by Gasteiger charge is -2.39. The first kappa shape index (κ1) is 34.2. The van der Waals surface area contributed by atoms with Crippen molar-refractivity contribution in [3.05, 3.63) is 36.0 Å². The number of nitrogens with one attached hydrogen (secondary N) is 1. The summed E-state index contributed by atoms with van der Waals surface area (Å²) in [6.45, 7) is 9.97. The van der Waals surface area contributed by atoms with E-state index in [2.05, 4.69) is 12.2 Å². The number of carbonyl (C=O) groups is 4. The Morgan fingerprint density at radius 2 is 1.78 bits per heavy atom. The molecule has 2 rings (SSSR count). The molecule has 11 nitrogen and oxygen atoms in total. The van der Waals surface area contributed by atoms with Crippen LogP contribution in [0.4, 0.5) is 0 Å². The standard InChI is InChI=1S/C30H45NO10/c1-18(7-10-24-15-30(37,17-38-22(5)32)16-25(41-24)14-29(35)36)8-11-27-19(2)13-26(21(4)40-27)31-28(34)12-9-20(3)39-23(6)33/h7-10,12,19-21,24-27,37H,11,13-17H2,1-6H3,(H,31,34)(H,35,36)/t19-,20-,21+,24-,25+,26+,27-,30-/m0/s1. The zero-order valence-electron chi connectivity index (χ0n) is 24.8. The Morgan fingerprint density at radius 3 is 2.41 bits per heavy atom. The van der Waals surface area contributed by atoms with E-state index >= 15 is 0 Å². The van der Waals surface area contributed by atoms with Gasteiger partial charge in [0.15, 0.2) is 0 Å². The van der Waals surface area contributed by atoms with Crippen molar-refractivity contribution in [2.75, 3.05) is 6.61 Å². The molecule has 8 atom stereocenters. The summed E-state index contributed by atoms with van der Waals surface area (Å²) in [5.41, 5.74) is -0.427. The van der Waals surface area contributed by atoms with E-state index in [1.807, 2.05) is 26.0 Å². The number of rotatable bonds is 12. The van der Waals surface area contributed by atoms with Gasteiger partial charge in [-0.1, -0.05) is 30.7 Å². The van der Waals surface area contributed by atoms with Gasteiger partial charge in [-0.15, -0.1) is 0 Å². The summed E-state index contributed by atoms with van der Waals surface area (Å²) in [5.74, 6) is -2.05. The first-order valence-electron chi connectivity index (χ1n) is 14.0. The largest absolute Gasteiger partial charge is 0.481 e. The van der Waals surface area contributed by atoms with E-state index < -0.39 is 41.8 Å². The van der Waals surface area contributed by atoms with E-state index in [0.717, 1.165) is 12.0 Å². The van der Waals surface area contributed by atoms with Gasteiger partial charge in [0.05, 0.1) is 36.9 Å². The third kappa shape index (κ3) is 12.6. The second kappa shape index (κ2) is 15.8. The smallest absolute Gasteiger partial charge is 0.305 e. The van der Waals surface area contributed by atoms with Gasteiger partial charge in [-0.2, -0.15) is 0 Å². The quantitative estimate of drug-likeness (QED) is 0.178. The third-order valence-electron chi connectivity index (χ3n) is 7.16. The third-order valence-corrected chi connectivity index (χ3v) is 7.16. The van der Waals surface area contributed by atoms with Crippen LogP contribution in [0.15, 0.2) is 36.0 Å². The zero-order valence-corrected chi connectivity index (χ0v) is 24.8. The fraction of sp³-hybridized carbons (Fsp3) is 0.667. The molecule has 41 heavy (non-hydrogen) atoms. The molecule has 0 aromatic carbocycles. The highest BCUT2D eigenvalue weighted by Crippen LogP contribution is 2.32. The van der Waals surface area contributed by atoms with Gasteiger partial charge in [-0.25, -0.2) is 0 Å². The van der Waals surface area contributed by atoms with Gasteiger partial charge in [-0.3, -0.25) is 19.2 Å². The normalized spacial score (nSPS) is 31.5. The molecular formula is C30H45NO10. The first-order chi connectivity index (χ1) is 19.2. The number of allylic oxidation sites excluding steroid dienone is 2. The summed E-state index contributed by atoms with van der Waals surface area (Å²) in [4.78, 5) is 45.8. The maximum atomic E-state index is 12.3. The van der Waals surface area contributed by atoms with E-state index in [-0.39, 0.29) is 55.9 Å². The summed E-state index contributed by atoms with van der Waals surface area (Å²) in [6, 6.07) is -0.152. The number of aliphatic hydroxyl groups is 1. The number of ether oxygens (including phenoxy) is 4. The topological polar surface area (TPSA) is 158 Å². The molecule has 1 amide bonds. The van der Waals surface area contributed by atoms with Gasteiger partial charge in [0.1, 0.15) is 18.3 Å². The van der Waals surface area contributed by atoms with Crippen molar-refractivity contribution in [2.24, 2.45) is 5.92 Å². The van der Waals surface area contributed by atoms with E-state index in [9.17, 15) is 29.4 Å². The average Bonchev–Trinajstić information content (AvgIpc) is 2.85. The van der Waals surface area contributed by atoms with Gasteiger partial charge in [0.2, 0.25) is 5.91 Å². The highest BCUT2D eigenvalue weighted by molar-refractivity contribution is 5.87. The Kier molecular flexibility index (Phi) is 13.2. The highest BCUT2D eigenvalue weighted by Gasteiger charge is 2.41. The molecule has 0 radical (unpaired) electrons. The van der Waals surface area contributed by atoms with Gasteiger partial charge in [0, 0.05) is 32.8 Å². The minimum Gasteiger partial charge on any atom is -0.481 e. The molecule has 2 saturated heterocycles. The number of carboxylic acid groups (broad SMARTS) is 1. The average molecular weight is 580 g/mol. The van der Waals surface area contributed by atoms with Crippen LogP contribution in [0.2, 0.25) is 0 Å². The molecule has 0 spiro atoms. The number of esters is 2. The number of hydrogen-bond donors (Lipinski definition) is 3. The van der Waals surface area contributed by atoms with Crippen molar-refractivity contribution >= 4 is 23.8 Å². The summed E-state index contributed by atoms with van der Waals surface area (Å²) in [5, 5.41) is 23.1. The van der Waals surface area contributed by atoms with E-state index in [0.29, 0.717) is 6.42 Å². The van der Waals surface area contributed by atoms with Crippen molar-refractivity contribution in [1.82, 2.24) is 5.32 Å². The maximum absolute atomic E-state index is 12.3. The summed E-state index contributed by atoms with van der Waals surface area (Å²) in [6.07, 6.45) is 7.99. The predicted octanol–water partition coefficient (Wildman–Crippen LogP) is 3.00. The summed E-state index contributed by atoms with van der Waals surface area (Å²) >= 11 is 0. The van der Waals surface area contributed by atoms with Crippen LogP contribution < -0.4 is 5.32 Å². The number of carbonyl (C=O) groups excluding carboxylic acids is 3. The number of aliphatic carboxylic acids is 1. The second-order valence-corrected chi connectivity index (χ2v) is 11.2. The lowest BCUT2D eigenvalue weighted by molar-refractivity contribution is -0.174. The van der Waals surface area contributed by atoms with E-state index in [1.54, 1.807) is 13.0 Å². The monoisotopic (exact) mass is 579 g/mol. The van der Waals surface area contributed by atoms with Gasteiger partial charge in [0.25, 0.3) is 0 Å². The molecule has 0 bridgehead atoms. The molecule has 2 aliphatic heterocycles. The Bertz CT molecular complexity index is 1020. The van der Waals surface area contributed by atoms with Gasteiger partial charge >= 0.3 is 17.9 Å². The van der Waals surface area contributed by atoms with Crippen LogP contribution in [0, 0.1) is 5.92 Å². The Balaban J connectivity index is 1.92. The highest BCUT2D eigenvalue weighted by atomic mass is 16.5. The first-order valence-corrected chi connectivity index (χ1v) is 14.0. The SMILES string of the molecule is CC(=O)OC[C@@]1(O)C[C@@H](CC(=O)O)O[C@@H](C=CC(C)=CC[C@@H]2O[C@H](C)[C@H](NC(=O)C=C[C@H](C)OC(C)=O)C[C@@H]2C)C1. The molecule has 0 aromatic heterocycles. The lowest BCUT2D eigenvalue weighted by atomic mass is 9.86. The summed E-state index contributed by atoms with van der Waals surface area (Å²) in [7, 11) is 0.